The van der Waals surface area contributed by atoms with Crippen LogP contribution >= 0.6 is 11.3 Å². The van der Waals surface area contributed by atoms with Crippen molar-refractivity contribution in [1.29, 1.82) is 0 Å². The zero-order valence-corrected chi connectivity index (χ0v) is 14.2. The van der Waals surface area contributed by atoms with Gasteiger partial charge in [-0.3, -0.25) is 9.59 Å². The average Bonchev–Trinajstić information content (AvgIpc) is 2.75. The number of hydrogen-bond acceptors (Lipinski definition) is 5. The van der Waals surface area contributed by atoms with Gasteiger partial charge in [0.1, 0.15) is 0 Å². The highest BCUT2D eigenvalue weighted by Gasteiger charge is 2.15. The monoisotopic (exact) mass is 328 g/mol. The molecule has 1 aromatic heterocycles. The Labute approximate surface area is 137 Å². The number of esters is 2. The molecule has 0 amide bonds. The normalized spacial score (nSPS) is 11.0. The molecule has 3 aromatic rings. The van der Waals surface area contributed by atoms with Crippen molar-refractivity contribution in [1.82, 2.24) is 0 Å². The first kappa shape index (κ1) is 15.5. The van der Waals surface area contributed by atoms with E-state index in [4.69, 9.17) is 9.47 Å². The number of hydrogen-bond donors (Lipinski definition) is 0. The fourth-order valence-corrected chi connectivity index (χ4v) is 3.70. The molecule has 0 unspecified atom stereocenters. The van der Waals surface area contributed by atoms with Gasteiger partial charge in [-0.05, 0) is 43.2 Å². The summed E-state index contributed by atoms with van der Waals surface area (Å²) in [5, 5.41) is 2.09. The molecular weight excluding hydrogens is 312 g/mol. The van der Waals surface area contributed by atoms with Crippen molar-refractivity contribution in [3.05, 3.63) is 35.4 Å². The number of aryl methyl sites for hydroxylation is 2. The van der Waals surface area contributed by atoms with Crippen LogP contribution in [0.2, 0.25) is 0 Å². The lowest BCUT2D eigenvalue weighted by Gasteiger charge is -2.08. The second kappa shape index (κ2) is 5.66. The Morgan fingerprint density at radius 2 is 1.26 bits per heavy atom. The Morgan fingerprint density at radius 1 is 0.783 bits per heavy atom. The van der Waals surface area contributed by atoms with Gasteiger partial charge < -0.3 is 9.47 Å². The molecule has 0 aliphatic heterocycles. The molecule has 0 aliphatic rings. The Hall–Kier alpha value is -2.40. The van der Waals surface area contributed by atoms with Gasteiger partial charge in [-0.25, -0.2) is 0 Å². The minimum Gasteiger partial charge on any atom is -0.423 e. The van der Waals surface area contributed by atoms with Crippen molar-refractivity contribution in [2.45, 2.75) is 27.7 Å². The summed E-state index contributed by atoms with van der Waals surface area (Å²) >= 11 is 1.62. The molecule has 4 nitrogen and oxygen atoms in total. The van der Waals surface area contributed by atoms with E-state index in [1.165, 1.54) is 25.0 Å². The van der Waals surface area contributed by atoms with Gasteiger partial charge in [-0.2, -0.15) is 0 Å². The summed E-state index contributed by atoms with van der Waals surface area (Å²) in [6, 6.07) is 7.80. The van der Waals surface area contributed by atoms with Gasteiger partial charge in [0.2, 0.25) is 0 Å². The minimum atomic E-state index is -0.454. The van der Waals surface area contributed by atoms with E-state index >= 15 is 0 Å². The van der Waals surface area contributed by atoms with Crippen LogP contribution in [0.5, 0.6) is 11.5 Å². The third-order valence-electron chi connectivity index (χ3n) is 3.66. The summed E-state index contributed by atoms with van der Waals surface area (Å²) in [5.74, 6) is -0.381. The molecule has 118 valence electrons. The standard InChI is InChI=1S/C18H16O4S/c1-9-5-13-14-7-15(21-11(3)19)16(22-12(4)20)8-18(14)23-17(13)6-10(9)2/h5-8H,1-4H3. The summed E-state index contributed by atoms with van der Waals surface area (Å²) in [5.41, 5.74) is 2.43. The summed E-state index contributed by atoms with van der Waals surface area (Å²) < 4.78 is 12.5. The maximum absolute atomic E-state index is 11.3. The van der Waals surface area contributed by atoms with Crippen LogP contribution in [0.1, 0.15) is 25.0 Å². The fraction of sp³-hybridized carbons (Fsp3) is 0.222. The topological polar surface area (TPSA) is 52.6 Å². The highest BCUT2D eigenvalue weighted by molar-refractivity contribution is 7.25. The number of fused-ring (bicyclic) bond motifs is 3. The van der Waals surface area contributed by atoms with Crippen molar-refractivity contribution in [3.63, 3.8) is 0 Å². The Morgan fingerprint density at radius 3 is 1.87 bits per heavy atom. The van der Waals surface area contributed by atoms with Crippen molar-refractivity contribution in [2.24, 2.45) is 0 Å². The second-order valence-electron chi connectivity index (χ2n) is 5.52. The largest absolute Gasteiger partial charge is 0.423 e. The van der Waals surface area contributed by atoms with Crippen molar-refractivity contribution in [2.75, 3.05) is 0 Å². The highest BCUT2D eigenvalue weighted by atomic mass is 32.1. The quantitative estimate of drug-likeness (QED) is 0.512. The lowest BCUT2D eigenvalue weighted by Crippen LogP contribution is -2.06. The van der Waals surface area contributed by atoms with Crippen LogP contribution in [0.4, 0.5) is 0 Å². The molecule has 1 heterocycles. The van der Waals surface area contributed by atoms with E-state index < -0.39 is 11.9 Å². The summed E-state index contributed by atoms with van der Waals surface area (Å²) in [7, 11) is 0. The molecule has 0 radical (unpaired) electrons. The number of carbonyl (C=O) groups is 2. The van der Waals surface area contributed by atoms with Crippen LogP contribution in [0.3, 0.4) is 0 Å². The lowest BCUT2D eigenvalue weighted by atomic mass is 10.1. The van der Waals surface area contributed by atoms with E-state index in [0.29, 0.717) is 0 Å². The minimum absolute atomic E-state index is 0.262. The predicted octanol–water partition coefficient (Wildman–Crippen LogP) is 4.52. The van der Waals surface area contributed by atoms with Gasteiger partial charge >= 0.3 is 11.9 Å². The molecule has 3 rings (SSSR count). The van der Waals surface area contributed by atoms with Crippen LogP contribution < -0.4 is 9.47 Å². The SMILES string of the molecule is CC(=O)Oc1cc2sc3cc(C)c(C)cc3c2cc1OC(C)=O. The van der Waals surface area contributed by atoms with Gasteiger partial charge in [-0.1, -0.05) is 0 Å². The molecule has 0 aliphatic carbocycles. The van der Waals surface area contributed by atoms with E-state index in [0.717, 1.165) is 20.2 Å². The van der Waals surface area contributed by atoms with Crippen LogP contribution in [-0.4, -0.2) is 11.9 Å². The second-order valence-corrected chi connectivity index (χ2v) is 6.60. The molecule has 0 atom stereocenters. The molecule has 0 bridgehead atoms. The third-order valence-corrected chi connectivity index (χ3v) is 4.77. The number of carbonyl (C=O) groups excluding carboxylic acids is 2. The molecule has 5 heteroatoms. The molecule has 0 spiro atoms. The summed E-state index contributed by atoms with van der Waals surface area (Å²) in [6.45, 7) is 6.78. The first-order chi connectivity index (χ1) is 10.8. The maximum Gasteiger partial charge on any atom is 0.308 e. The number of thiophene rings is 1. The van der Waals surface area contributed by atoms with Gasteiger partial charge in [0.15, 0.2) is 11.5 Å². The molecule has 0 N–H and O–H groups in total. The molecule has 23 heavy (non-hydrogen) atoms. The smallest absolute Gasteiger partial charge is 0.308 e. The Balaban J connectivity index is 2.29. The van der Waals surface area contributed by atoms with Gasteiger partial charge in [0.25, 0.3) is 0 Å². The molecule has 0 saturated heterocycles. The maximum atomic E-state index is 11.3. The predicted molar refractivity (Wildman–Crippen MR) is 91.4 cm³/mol. The first-order valence-corrected chi connectivity index (χ1v) is 8.01. The molecular formula is C18H16O4S. The zero-order chi connectivity index (χ0) is 16.7. The zero-order valence-electron chi connectivity index (χ0n) is 13.4. The van der Waals surface area contributed by atoms with Crippen LogP contribution in [0, 0.1) is 13.8 Å². The number of rotatable bonds is 2. The number of benzene rings is 2. The van der Waals surface area contributed by atoms with Gasteiger partial charge in [0.05, 0.1) is 0 Å². The molecule has 0 fully saturated rings. The van der Waals surface area contributed by atoms with E-state index in [9.17, 15) is 9.59 Å². The molecule has 0 saturated carbocycles. The first-order valence-electron chi connectivity index (χ1n) is 7.19. The third kappa shape index (κ3) is 2.92. The number of ether oxygens (including phenoxy) is 2. The van der Waals surface area contributed by atoms with E-state index in [2.05, 4.69) is 26.0 Å². The lowest BCUT2D eigenvalue weighted by molar-refractivity contribution is -0.134. The molecule has 2 aromatic carbocycles. The fourth-order valence-electron chi connectivity index (χ4n) is 2.51. The van der Waals surface area contributed by atoms with Crippen molar-refractivity contribution in [3.8, 4) is 11.5 Å². The van der Waals surface area contributed by atoms with Crippen molar-refractivity contribution < 1.29 is 19.1 Å². The van der Waals surface area contributed by atoms with Gasteiger partial charge in [-0.15, -0.1) is 11.3 Å². The summed E-state index contributed by atoms with van der Waals surface area (Å²) in [4.78, 5) is 22.6. The Kier molecular flexibility index (Phi) is 3.82. The van der Waals surface area contributed by atoms with Crippen LogP contribution in [0.25, 0.3) is 20.2 Å². The van der Waals surface area contributed by atoms with E-state index in [1.54, 1.807) is 23.5 Å². The van der Waals surface area contributed by atoms with Crippen LogP contribution in [0.15, 0.2) is 24.3 Å². The summed E-state index contributed by atoms with van der Waals surface area (Å²) in [6.07, 6.45) is 0. The van der Waals surface area contributed by atoms with E-state index in [-0.39, 0.29) is 11.5 Å². The average molecular weight is 328 g/mol. The van der Waals surface area contributed by atoms with Gasteiger partial charge in [0, 0.05) is 40.1 Å². The highest BCUT2D eigenvalue weighted by Crippen LogP contribution is 2.41. The van der Waals surface area contributed by atoms with Crippen molar-refractivity contribution >= 4 is 43.4 Å². The Bertz CT molecular complexity index is 953. The van der Waals surface area contributed by atoms with Crippen LogP contribution in [-0.2, 0) is 9.59 Å². The van der Waals surface area contributed by atoms with E-state index in [1.807, 2.05) is 0 Å².